The third-order valence-electron chi connectivity index (χ3n) is 8.66. The number of anilines is 2. The van der Waals surface area contributed by atoms with Crippen LogP contribution in [0.3, 0.4) is 0 Å². The number of pyridine rings is 1. The van der Waals surface area contributed by atoms with Crippen LogP contribution in [0.15, 0.2) is 78.9 Å². The molecule has 0 saturated heterocycles. The second kappa shape index (κ2) is 8.04. The fourth-order valence-corrected chi connectivity index (χ4v) is 8.15. The quantitative estimate of drug-likeness (QED) is 0.294. The molecule has 0 fully saturated rings. The predicted molar refractivity (Wildman–Crippen MR) is 152 cm³/mol. The molecule has 4 aliphatic rings. The molecule has 2 aromatic heterocycles. The maximum Gasteiger partial charge on any atom is 0.134 e. The van der Waals surface area contributed by atoms with E-state index in [1.807, 2.05) is 11.3 Å². The molecular weight excluding hydrogens is 456 g/mol. The van der Waals surface area contributed by atoms with Gasteiger partial charge in [-0.05, 0) is 84.2 Å². The summed E-state index contributed by atoms with van der Waals surface area (Å²) in [7, 11) is 0. The first-order valence-corrected chi connectivity index (χ1v) is 14.1. The molecule has 0 saturated carbocycles. The Balaban J connectivity index is 1.15. The highest BCUT2D eigenvalue weighted by Crippen LogP contribution is 2.51. The number of hydrogen-bond donors (Lipinski definition) is 0. The largest absolute Gasteiger partial charge is 0.319 e. The van der Waals surface area contributed by atoms with Crippen molar-refractivity contribution in [3.05, 3.63) is 105 Å². The summed E-state index contributed by atoms with van der Waals surface area (Å²) in [5.74, 6) is 2.69. The molecule has 2 nitrogen and oxygen atoms in total. The van der Waals surface area contributed by atoms with E-state index in [0.717, 1.165) is 11.3 Å². The number of nitrogens with zero attached hydrogens (tertiary/aromatic N) is 2. The minimum Gasteiger partial charge on any atom is -0.319 e. The molecule has 3 heteroatoms. The first-order chi connectivity index (χ1) is 17.8. The summed E-state index contributed by atoms with van der Waals surface area (Å²) in [6.07, 6.45) is 19.6. The highest BCUT2D eigenvalue weighted by atomic mass is 32.1. The minimum atomic E-state index is 0.326. The molecular formula is C33H28N2S. The highest BCUT2D eigenvalue weighted by molar-refractivity contribution is 7.11. The summed E-state index contributed by atoms with van der Waals surface area (Å²) in [5.41, 5.74) is 5.45. The molecule has 8 rings (SSSR count). The first kappa shape index (κ1) is 20.7. The molecule has 36 heavy (non-hydrogen) atoms. The number of aromatic nitrogens is 1. The van der Waals surface area contributed by atoms with Crippen molar-refractivity contribution in [2.24, 2.45) is 11.8 Å². The molecule has 3 heterocycles. The van der Waals surface area contributed by atoms with Gasteiger partial charge < -0.3 is 4.90 Å². The fraction of sp³-hybridized carbons (Fsp3) is 0.242. The number of fused-ring (bicyclic) bond motifs is 7. The molecule has 3 aliphatic carbocycles. The molecule has 2 aromatic carbocycles. The third-order valence-corrected chi connectivity index (χ3v) is 9.86. The van der Waals surface area contributed by atoms with Crippen molar-refractivity contribution in [1.82, 2.24) is 4.98 Å². The van der Waals surface area contributed by atoms with Crippen molar-refractivity contribution in [1.29, 1.82) is 0 Å². The Hall–Kier alpha value is -3.43. The number of benzene rings is 2. The lowest BCUT2D eigenvalue weighted by molar-refractivity contribution is 0.378. The van der Waals surface area contributed by atoms with Gasteiger partial charge in [0.05, 0.1) is 11.6 Å². The van der Waals surface area contributed by atoms with E-state index >= 15 is 0 Å². The van der Waals surface area contributed by atoms with Crippen molar-refractivity contribution in [2.45, 2.75) is 37.6 Å². The summed E-state index contributed by atoms with van der Waals surface area (Å²) in [4.78, 5) is 9.06. The van der Waals surface area contributed by atoms with Gasteiger partial charge in [-0.25, -0.2) is 4.98 Å². The predicted octanol–water partition coefficient (Wildman–Crippen LogP) is 6.72. The Bertz CT molecular complexity index is 1690. The summed E-state index contributed by atoms with van der Waals surface area (Å²) in [6.45, 7) is 0. The average Bonchev–Trinajstić information content (AvgIpc) is 3.48. The number of allylic oxidation sites excluding steroid dienone is 2. The van der Waals surface area contributed by atoms with E-state index in [-0.39, 0.29) is 0 Å². The van der Waals surface area contributed by atoms with Crippen molar-refractivity contribution in [2.75, 3.05) is 4.90 Å². The first-order valence-electron chi connectivity index (χ1n) is 13.3. The van der Waals surface area contributed by atoms with Crippen molar-refractivity contribution in [3.63, 3.8) is 0 Å². The molecule has 0 bridgehead atoms. The topological polar surface area (TPSA) is 16.1 Å². The Kier molecular flexibility index (Phi) is 4.63. The number of hydrogen-bond acceptors (Lipinski definition) is 3. The van der Waals surface area contributed by atoms with Crippen LogP contribution in [0.4, 0.5) is 11.5 Å². The lowest BCUT2D eigenvalue weighted by Gasteiger charge is -2.35. The Morgan fingerprint density at radius 1 is 0.833 bits per heavy atom. The van der Waals surface area contributed by atoms with Gasteiger partial charge in [-0.15, -0.1) is 11.3 Å². The van der Waals surface area contributed by atoms with Crippen LogP contribution in [0.2, 0.25) is 0 Å². The summed E-state index contributed by atoms with van der Waals surface area (Å²) >= 11 is 1.99. The van der Waals surface area contributed by atoms with Gasteiger partial charge in [-0.1, -0.05) is 66.8 Å². The molecule has 4 aromatic rings. The normalized spacial score (nSPS) is 25.5. The Labute approximate surface area is 215 Å². The standard InChI is InChI=1S/C33H28N2S/c1-4-10-28-21(7-1)15-18-33(34-28)35-29-11-5-2-8-24(29)26-19-22(13-16-30(26)35)23-14-17-32-27(20-23)25-9-3-6-12-31(25)36-32/h1-2,4-5,7-18,22-23,26,30H,3,6,19-20H2. The monoisotopic (exact) mass is 484 g/mol. The highest BCUT2D eigenvalue weighted by Gasteiger charge is 2.42. The van der Waals surface area contributed by atoms with Crippen LogP contribution in [0.5, 0.6) is 0 Å². The van der Waals surface area contributed by atoms with Crippen LogP contribution in [0, 0.1) is 11.8 Å². The maximum atomic E-state index is 5.09. The molecule has 4 unspecified atom stereocenters. The number of thiophene rings is 1. The van der Waals surface area contributed by atoms with Gasteiger partial charge in [0.1, 0.15) is 5.82 Å². The van der Waals surface area contributed by atoms with Crippen LogP contribution in [0.25, 0.3) is 29.1 Å². The molecule has 0 spiro atoms. The van der Waals surface area contributed by atoms with Crippen molar-refractivity contribution in [3.8, 4) is 0 Å². The van der Waals surface area contributed by atoms with Crippen molar-refractivity contribution < 1.29 is 0 Å². The second-order valence-corrected chi connectivity index (χ2v) is 11.7. The van der Waals surface area contributed by atoms with Gasteiger partial charge >= 0.3 is 0 Å². The zero-order chi connectivity index (χ0) is 23.6. The Morgan fingerprint density at radius 3 is 2.72 bits per heavy atom. The van der Waals surface area contributed by atoms with E-state index in [4.69, 9.17) is 4.98 Å². The van der Waals surface area contributed by atoms with Gasteiger partial charge in [0.25, 0.3) is 0 Å². The maximum absolute atomic E-state index is 5.09. The van der Waals surface area contributed by atoms with E-state index in [0.29, 0.717) is 23.8 Å². The third kappa shape index (κ3) is 3.12. The lowest BCUT2D eigenvalue weighted by Crippen LogP contribution is -2.34. The van der Waals surface area contributed by atoms with Crippen LogP contribution < -0.4 is 14.7 Å². The smallest absolute Gasteiger partial charge is 0.134 e. The van der Waals surface area contributed by atoms with Gasteiger partial charge in [-0.2, -0.15) is 0 Å². The fourth-order valence-electron chi connectivity index (χ4n) is 6.93. The van der Waals surface area contributed by atoms with E-state index in [1.54, 1.807) is 5.56 Å². The zero-order valence-corrected chi connectivity index (χ0v) is 21.0. The van der Waals surface area contributed by atoms with E-state index in [9.17, 15) is 0 Å². The van der Waals surface area contributed by atoms with Gasteiger partial charge in [-0.3, -0.25) is 0 Å². The SMILES string of the molecule is C1=CC(C2C=CC3C(C2)c2ccccc2N3c2ccc3ccccc3n2)Cc2c1sc1c2=CCCC=1. The Morgan fingerprint density at radius 2 is 1.72 bits per heavy atom. The van der Waals surface area contributed by atoms with Gasteiger partial charge in [0.15, 0.2) is 0 Å². The zero-order valence-electron chi connectivity index (χ0n) is 20.2. The minimum absolute atomic E-state index is 0.326. The lowest BCUT2D eigenvalue weighted by atomic mass is 9.73. The molecule has 0 N–H and O–H groups in total. The molecule has 0 radical (unpaired) electrons. The van der Waals surface area contributed by atoms with Gasteiger partial charge in [0.2, 0.25) is 0 Å². The van der Waals surface area contributed by atoms with E-state index in [2.05, 4.69) is 102 Å². The summed E-state index contributed by atoms with van der Waals surface area (Å²) < 4.78 is 1.50. The van der Waals surface area contributed by atoms with Crippen molar-refractivity contribution >= 4 is 52.0 Å². The number of rotatable bonds is 2. The molecule has 1 aliphatic heterocycles. The van der Waals surface area contributed by atoms with E-state index < -0.39 is 0 Å². The summed E-state index contributed by atoms with van der Waals surface area (Å²) in [6, 6.07) is 22.2. The second-order valence-electron chi connectivity index (χ2n) is 10.6. The van der Waals surface area contributed by atoms with Gasteiger partial charge in [0, 0.05) is 26.4 Å². The molecule has 4 atom stereocenters. The van der Waals surface area contributed by atoms with Crippen LogP contribution in [-0.2, 0) is 6.42 Å². The average molecular weight is 485 g/mol. The van der Waals surface area contributed by atoms with Crippen LogP contribution in [-0.4, -0.2) is 11.0 Å². The van der Waals surface area contributed by atoms with E-state index in [1.165, 1.54) is 56.9 Å². The molecule has 176 valence electrons. The number of para-hydroxylation sites is 2. The molecule has 0 amide bonds. The van der Waals surface area contributed by atoms with Crippen LogP contribution in [0.1, 0.15) is 41.2 Å². The van der Waals surface area contributed by atoms with Crippen LogP contribution >= 0.6 is 11.3 Å². The summed E-state index contributed by atoms with van der Waals surface area (Å²) in [5, 5.41) is 2.73.